The molecular weight excluding hydrogens is 1010 g/mol. The lowest BCUT2D eigenvalue weighted by molar-refractivity contribution is -0.182. The summed E-state index contributed by atoms with van der Waals surface area (Å²) in [6, 6.07) is 16.4. The lowest BCUT2D eigenvalue weighted by Crippen LogP contribution is -2.57. The van der Waals surface area contributed by atoms with Gasteiger partial charge in [-0.05, 0) is 156 Å². The van der Waals surface area contributed by atoms with E-state index in [4.69, 9.17) is 19.2 Å². The number of anilines is 1. The first-order valence-corrected chi connectivity index (χ1v) is 29.3. The number of ether oxygens (including phenoxy) is 3. The van der Waals surface area contributed by atoms with Crippen molar-refractivity contribution >= 4 is 46.2 Å². The topological polar surface area (TPSA) is 181 Å². The van der Waals surface area contributed by atoms with Gasteiger partial charge in [0.15, 0.2) is 22.8 Å². The third-order valence-corrected chi connectivity index (χ3v) is 19.5. The fourth-order valence-electron chi connectivity index (χ4n) is 15.3. The number of rotatable bonds is 16. The SMILES string of the molecule is CC[C@@]1(O)C(=O)OCc2c1cc1n(c2=O)Cc2cc3c(CN(C)C)c(OC(=O)N4CCN(CCCCCCCN(C)c5ccc([C@H]6C[C@@]7(C)[C@@H](CC[C@]7(OC(C)=O)C(C)=O)[C@@H]7CCC8=CC(=O)CCC8=C76)cc5)CC4)ccc3nc2-1. The van der Waals surface area contributed by atoms with Crippen molar-refractivity contribution in [3.8, 4) is 17.1 Å². The Hall–Kier alpha value is -6.49. The van der Waals surface area contributed by atoms with Crippen LogP contribution < -0.4 is 15.2 Å². The van der Waals surface area contributed by atoms with Gasteiger partial charge in [0.1, 0.15) is 12.4 Å². The Kier molecular flexibility index (Phi) is 15.1. The predicted octanol–water partition coefficient (Wildman–Crippen LogP) is 9.13. The quantitative estimate of drug-likeness (QED) is 0.0730. The number of allylic oxidation sites excluding steroid dienone is 4. The third kappa shape index (κ3) is 9.69. The van der Waals surface area contributed by atoms with E-state index in [1.54, 1.807) is 35.4 Å². The Morgan fingerprint density at radius 3 is 2.38 bits per heavy atom. The number of aromatic nitrogens is 2. The van der Waals surface area contributed by atoms with Crippen LogP contribution in [0.25, 0.3) is 22.3 Å². The largest absolute Gasteiger partial charge is 0.458 e. The highest BCUT2D eigenvalue weighted by molar-refractivity contribution is 5.93. The molecule has 80 heavy (non-hydrogen) atoms. The Bertz CT molecular complexity index is 3300. The molecule has 11 rings (SSSR count). The summed E-state index contributed by atoms with van der Waals surface area (Å²) in [4.78, 5) is 92.6. The number of aliphatic hydroxyl groups is 1. The summed E-state index contributed by atoms with van der Waals surface area (Å²) in [5.74, 6) is 0.0363. The number of piperazine rings is 1. The second-order valence-corrected chi connectivity index (χ2v) is 24.4. The number of benzene rings is 2. The van der Waals surface area contributed by atoms with E-state index in [1.165, 1.54) is 34.9 Å². The molecule has 16 nitrogen and oxygen atoms in total. The van der Waals surface area contributed by atoms with E-state index in [0.717, 1.165) is 107 Å². The molecule has 6 atom stereocenters. The van der Waals surface area contributed by atoms with Crippen molar-refractivity contribution in [3.63, 3.8) is 0 Å². The average Bonchev–Trinajstić information content (AvgIpc) is 4.01. The van der Waals surface area contributed by atoms with Crippen LogP contribution in [0.1, 0.15) is 145 Å². The Balaban J connectivity index is 0.658. The number of amides is 1. The monoisotopic (exact) mass is 1090 g/mol. The molecule has 0 unspecified atom stereocenters. The third-order valence-electron chi connectivity index (χ3n) is 19.5. The van der Waals surface area contributed by atoms with E-state index >= 15 is 0 Å². The van der Waals surface area contributed by atoms with Crippen LogP contribution in [0.5, 0.6) is 5.75 Å². The van der Waals surface area contributed by atoms with Gasteiger partial charge in [-0.15, -0.1) is 0 Å². The number of pyridine rings is 2. The lowest BCUT2D eigenvalue weighted by Gasteiger charge is -2.55. The number of ketones is 2. The minimum atomic E-state index is -1.91. The minimum Gasteiger partial charge on any atom is -0.458 e. The molecule has 4 aliphatic carbocycles. The highest BCUT2D eigenvalue weighted by atomic mass is 16.6. The highest BCUT2D eigenvalue weighted by Gasteiger charge is 2.67. The Morgan fingerprint density at radius 1 is 0.900 bits per heavy atom. The number of nitrogens with zero attached hydrogens (tertiary/aromatic N) is 6. The first-order chi connectivity index (χ1) is 38.3. The van der Waals surface area contributed by atoms with Crippen LogP contribution in [0, 0.1) is 17.3 Å². The van der Waals surface area contributed by atoms with Crippen LogP contribution in [-0.4, -0.2) is 125 Å². The molecule has 3 fully saturated rings. The Morgan fingerprint density at radius 2 is 1.65 bits per heavy atom. The summed E-state index contributed by atoms with van der Waals surface area (Å²) in [5, 5.41) is 12.1. The fraction of sp³-hybridized carbons (Fsp3) is 0.547. The second kappa shape index (κ2) is 21.8. The van der Waals surface area contributed by atoms with Gasteiger partial charge in [0.2, 0.25) is 0 Å². The van der Waals surface area contributed by atoms with Crippen molar-refractivity contribution in [1.82, 2.24) is 24.3 Å². The summed E-state index contributed by atoms with van der Waals surface area (Å²) in [5.41, 5.74) is 6.57. The summed E-state index contributed by atoms with van der Waals surface area (Å²) in [6.45, 7) is 12.1. The maximum atomic E-state index is 13.8. The van der Waals surface area contributed by atoms with Crippen LogP contribution in [0.3, 0.4) is 0 Å². The molecule has 2 aromatic heterocycles. The van der Waals surface area contributed by atoms with Crippen molar-refractivity contribution in [2.75, 3.05) is 65.3 Å². The van der Waals surface area contributed by atoms with Gasteiger partial charge >= 0.3 is 18.0 Å². The molecule has 0 bridgehead atoms. The van der Waals surface area contributed by atoms with Gasteiger partial charge in [0.05, 0.1) is 29.0 Å². The molecule has 4 aromatic rings. The maximum absolute atomic E-state index is 13.8. The number of carbonyl (C=O) groups excluding carboxylic acids is 5. The van der Waals surface area contributed by atoms with Crippen LogP contribution in [0.2, 0.25) is 0 Å². The van der Waals surface area contributed by atoms with Gasteiger partial charge in [0.25, 0.3) is 5.56 Å². The predicted molar refractivity (Wildman–Crippen MR) is 304 cm³/mol. The molecular formula is C64H78N6O10. The second-order valence-electron chi connectivity index (χ2n) is 24.4. The van der Waals surface area contributed by atoms with Gasteiger partial charge < -0.3 is 38.6 Å². The number of esters is 2. The van der Waals surface area contributed by atoms with E-state index in [2.05, 4.69) is 48.0 Å². The molecule has 424 valence electrons. The van der Waals surface area contributed by atoms with Gasteiger partial charge in [0, 0.05) is 98.8 Å². The molecule has 1 N–H and O–H groups in total. The zero-order chi connectivity index (χ0) is 56.4. The van der Waals surface area contributed by atoms with Gasteiger partial charge in [-0.2, -0.15) is 0 Å². The summed E-state index contributed by atoms with van der Waals surface area (Å²) in [7, 11) is 6.08. The van der Waals surface area contributed by atoms with Crippen molar-refractivity contribution < 1.29 is 43.3 Å². The summed E-state index contributed by atoms with van der Waals surface area (Å²) < 4.78 is 19.2. The minimum absolute atomic E-state index is 0.0560. The highest BCUT2D eigenvalue weighted by Crippen LogP contribution is 2.68. The molecule has 0 radical (unpaired) electrons. The van der Waals surface area contributed by atoms with Crippen LogP contribution >= 0.6 is 0 Å². The molecule has 5 heterocycles. The normalized spacial score (nSPS) is 26.0. The van der Waals surface area contributed by atoms with Gasteiger partial charge in [-0.25, -0.2) is 14.6 Å². The number of fused-ring (bicyclic) bond motifs is 9. The fourth-order valence-corrected chi connectivity index (χ4v) is 15.3. The van der Waals surface area contributed by atoms with Gasteiger partial charge in [-0.3, -0.25) is 24.1 Å². The first-order valence-electron chi connectivity index (χ1n) is 29.3. The van der Waals surface area contributed by atoms with Gasteiger partial charge in [-0.1, -0.05) is 50.8 Å². The van der Waals surface area contributed by atoms with E-state index in [9.17, 15) is 33.9 Å². The molecule has 2 aromatic carbocycles. The van der Waals surface area contributed by atoms with E-state index in [0.29, 0.717) is 55.1 Å². The molecule has 2 saturated carbocycles. The average molecular weight is 1090 g/mol. The van der Waals surface area contributed by atoms with Crippen LogP contribution in [0.15, 0.2) is 76.1 Å². The number of carbonyl (C=O) groups is 5. The lowest BCUT2D eigenvalue weighted by atomic mass is 9.50. The zero-order valence-electron chi connectivity index (χ0n) is 47.8. The van der Waals surface area contributed by atoms with Crippen molar-refractivity contribution in [3.05, 3.63) is 109 Å². The number of hydrogen-bond donors (Lipinski definition) is 1. The van der Waals surface area contributed by atoms with Crippen LogP contribution in [0.4, 0.5) is 10.5 Å². The number of cyclic esters (lactones) is 1. The maximum Gasteiger partial charge on any atom is 0.415 e. The van der Waals surface area contributed by atoms with Crippen molar-refractivity contribution in [2.45, 2.75) is 148 Å². The van der Waals surface area contributed by atoms with E-state index in [1.807, 2.05) is 37.2 Å². The summed E-state index contributed by atoms with van der Waals surface area (Å²) in [6.07, 6.45) is 12.5. The standard InChI is InChI=1S/C64H78N6O10/c1-8-63(77)53-34-55-58-43(36-70(55)59(74)51(53)38-78-60(63)75)33-48-50(37-66(5)6)56(23-22-54(48)65-58)79-61(76)69-30-28-68(29-31-69)27-13-11-9-10-12-26-67(7)44-17-14-41(15-18-44)49-35-62(4)52(24-25-64(62,39(2)71)80-40(3)72)47-20-16-42-32-45(73)19-21-46(42)57(47)49/h14-15,17-18,22-23,32-34,47,49,52,77H,8-13,16,19-21,24-31,35-38H2,1-7H3/t47-,49+,52-,62-,63-,64-/m0/s1. The van der Waals surface area contributed by atoms with Crippen molar-refractivity contribution in [1.29, 1.82) is 0 Å². The molecule has 7 aliphatic rings. The number of hydrogen-bond acceptors (Lipinski definition) is 14. The zero-order valence-corrected chi connectivity index (χ0v) is 47.8. The molecule has 0 spiro atoms. The van der Waals surface area contributed by atoms with Crippen molar-refractivity contribution in [2.24, 2.45) is 17.3 Å². The molecule has 1 saturated heterocycles. The Labute approximate surface area is 469 Å². The molecule has 3 aliphatic heterocycles. The van der Waals surface area contributed by atoms with E-state index in [-0.39, 0.29) is 71.7 Å². The molecule has 16 heteroatoms. The first kappa shape index (κ1) is 55.4. The van der Waals surface area contributed by atoms with E-state index < -0.39 is 28.6 Å². The smallest absolute Gasteiger partial charge is 0.415 e. The number of unbranched alkanes of at least 4 members (excludes halogenated alkanes) is 4. The number of Topliss-reactive ketones (excluding diaryl/α,β-unsaturated/α-hetero) is 1. The molecule has 1 amide bonds. The summed E-state index contributed by atoms with van der Waals surface area (Å²) >= 11 is 0. The van der Waals surface area contributed by atoms with Crippen LogP contribution in [-0.2, 0) is 53.9 Å².